The Hall–Kier alpha value is -0.930. The molecular weight excluding hydrogens is 300 g/mol. The summed E-state index contributed by atoms with van der Waals surface area (Å²) in [5.41, 5.74) is 1.52. The van der Waals surface area contributed by atoms with Crippen LogP contribution < -0.4 is 0 Å². The molecule has 0 aromatic carbocycles. The molecule has 2 fully saturated rings. The third kappa shape index (κ3) is 2.13. The molecule has 24 heavy (non-hydrogen) atoms. The second kappa shape index (κ2) is 5.54. The fraction of sp³-hybridized carbons (Fsp3) is 0.762. The highest BCUT2D eigenvalue weighted by atomic mass is 16.3. The molecule has 0 spiro atoms. The molecule has 2 saturated carbocycles. The Morgan fingerprint density at radius 3 is 2.75 bits per heavy atom. The molecule has 0 aromatic rings. The number of carbonyl (C=O) groups excluding carboxylic acids is 1. The Labute approximate surface area is 144 Å². The van der Waals surface area contributed by atoms with Crippen molar-refractivity contribution in [2.45, 2.75) is 58.5 Å². The highest BCUT2D eigenvalue weighted by Crippen LogP contribution is 2.65. The Morgan fingerprint density at radius 1 is 1.21 bits per heavy atom. The molecule has 2 N–H and O–H groups in total. The van der Waals surface area contributed by atoms with Gasteiger partial charge in [-0.25, -0.2) is 0 Å². The first-order chi connectivity index (χ1) is 11.4. The van der Waals surface area contributed by atoms with Gasteiger partial charge in [-0.1, -0.05) is 26.0 Å². The number of aliphatic hydroxyl groups is 2. The lowest BCUT2D eigenvalue weighted by atomic mass is 9.48. The summed E-state index contributed by atoms with van der Waals surface area (Å²) in [6, 6.07) is 0. The molecule has 0 heterocycles. The fourth-order valence-corrected chi connectivity index (χ4v) is 6.80. The maximum Gasteiger partial charge on any atom is 0.156 e. The minimum absolute atomic E-state index is 0.121. The summed E-state index contributed by atoms with van der Waals surface area (Å²) >= 11 is 0. The van der Waals surface area contributed by atoms with Gasteiger partial charge < -0.3 is 10.2 Å². The van der Waals surface area contributed by atoms with Crippen LogP contribution in [0.3, 0.4) is 0 Å². The van der Waals surface area contributed by atoms with Crippen LogP contribution >= 0.6 is 0 Å². The van der Waals surface area contributed by atoms with Gasteiger partial charge >= 0.3 is 0 Å². The van der Waals surface area contributed by atoms with Crippen molar-refractivity contribution in [3.05, 3.63) is 23.8 Å². The lowest BCUT2D eigenvalue weighted by molar-refractivity contribution is -0.116. The first-order valence-electron chi connectivity index (χ1n) is 9.62. The number of hydrogen-bond donors (Lipinski definition) is 2. The van der Waals surface area contributed by atoms with E-state index >= 15 is 0 Å². The highest BCUT2D eigenvalue weighted by Gasteiger charge is 2.58. The van der Waals surface area contributed by atoms with Crippen molar-refractivity contribution in [1.29, 1.82) is 0 Å². The van der Waals surface area contributed by atoms with Crippen LogP contribution in [0.15, 0.2) is 23.8 Å². The van der Waals surface area contributed by atoms with Crippen LogP contribution in [0.2, 0.25) is 0 Å². The Kier molecular flexibility index (Phi) is 3.81. The van der Waals surface area contributed by atoms with Gasteiger partial charge in [0, 0.05) is 6.42 Å². The maximum atomic E-state index is 11.8. The molecule has 3 nitrogen and oxygen atoms in total. The van der Waals surface area contributed by atoms with Gasteiger partial charge in [0.15, 0.2) is 5.78 Å². The van der Waals surface area contributed by atoms with Crippen molar-refractivity contribution in [3.8, 4) is 0 Å². The lowest BCUT2D eigenvalue weighted by Crippen LogP contribution is -2.50. The summed E-state index contributed by atoms with van der Waals surface area (Å²) in [5, 5.41) is 19.8. The zero-order valence-electron chi connectivity index (χ0n) is 14.9. The van der Waals surface area contributed by atoms with Gasteiger partial charge in [0.2, 0.25) is 0 Å². The third-order valence-corrected chi connectivity index (χ3v) is 8.24. The summed E-state index contributed by atoms with van der Waals surface area (Å²) in [6.07, 6.45) is 12.0. The molecule has 0 bridgehead atoms. The number of allylic oxidation sites excluding steroid dienone is 4. The Bertz CT molecular complexity index is 606. The van der Waals surface area contributed by atoms with Crippen LogP contribution in [-0.2, 0) is 4.79 Å². The van der Waals surface area contributed by atoms with Crippen LogP contribution in [0.1, 0.15) is 52.4 Å². The summed E-state index contributed by atoms with van der Waals surface area (Å²) in [4.78, 5) is 11.8. The van der Waals surface area contributed by atoms with Gasteiger partial charge in [-0.3, -0.25) is 4.79 Å². The zero-order valence-corrected chi connectivity index (χ0v) is 14.9. The number of ketones is 1. The molecule has 4 rings (SSSR count). The van der Waals surface area contributed by atoms with Crippen LogP contribution in [0.4, 0.5) is 0 Å². The van der Waals surface area contributed by atoms with E-state index in [0.717, 1.165) is 25.7 Å². The fourth-order valence-electron chi connectivity index (χ4n) is 6.80. The quantitative estimate of drug-likeness (QED) is 0.817. The largest absolute Gasteiger partial charge is 0.394 e. The van der Waals surface area contributed by atoms with Gasteiger partial charge in [0.05, 0.1) is 12.7 Å². The third-order valence-electron chi connectivity index (χ3n) is 8.24. The van der Waals surface area contributed by atoms with Crippen molar-refractivity contribution >= 4 is 5.78 Å². The van der Waals surface area contributed by atoms with Gasteiger partial charge in [0.1, 0.15) is 0 Å². The number of rotatable bonds is 2. The second-order valence-electron chi connectivity index (χ2n) is 9.11. The van der Waals surface area contributed by atoms with Crippen LogP contribution in [0.5, 0.6) is 0 Å². The van der Waals surface area contributed by atoms with E-state index in [4.69, 9.17) is 0 Å². The predicted molar refractivity (Wildman–Crippen MR) is 93.2 cm³/mol. The molecular formula is C21H30O3. The number of aliphatic hydroxyl groups excluding tert-OH is 2. The normalized spacial score (nSPS) is 48.3. The molecule has 0 aliphatic heterocycles. The maximum absolute atomic E-state index is 11.8. The average Bonchev–Trinajstić information content (AvgIpc) is 2.92. The van der Waals surface area contributed by atoms with E-state index in [0.29, 0.717) is 24.2 Å². The minimum Gasteiger partial charge on any atom is -0.394 e. The zero-order chi connectivity index (χ0) is 17.1. The topological polar surface area (TPSA) is 57.5 Å². The average molecular weight is 330 g/mol. The van der Waals surface area contributed by atoms with Crippen molar-refractivity contribution < 1.29 is 15.0 Å². The molecule has 4 aliphatic carbocycles. The molecule has 0 saturated heterocycles. The molecule has 0 amide bonds. The first kappa shape index (κ1) is 16.5. The Balaban J connectivity index is 1.68. The molecule has 0 radical (unpaired) electrons. The number of fused-ring (bicyclic) bond motifs is 5. The molecule has 7 atom stereocenters. The molecule has 4 aliphatic rings. The van der Waals surface area contributed by atoms with E-state index in [1.54, 1.807) is 0 Å². The van der Waals surface area contributed by atoms with E-state index in [-0.39, 0.29) is 29.1 Å². The van der Waals surface area contributed by atoms with Crippen molar-refractivity contribution in [1.82, 2.24) is 0 Å². The molecule has 0 unspecified atom stereocenters. The van der Waals surface area contributed by atoms with Crippen LogP contribution in [0.25, 0.3) is 0 Å². The van der Waals surface area contributed by atoms with E-state index in [9.17, 15) is 15.0 Å². The molecule has 132 valence electrons. The smallest absolute Gasteiger partial charge is 0.156 e. The van der Waals surface area contributed by atoms with E-state index in [2.05, 4.69) is 26.0 Å². The standard InChI is InChI=1S/C21H30O3/c1-20-9-7-14(23)11-13(20)3-4-15-16-5-6-18(19(24)12-22)21(16,2)10-8-17(15)20/h3-4,11,15-19,22,24H,5-10,12H2,1-2H3/t15-,16-,17-,18+,19-,20-,21-/m0/s1. The molecule has 3 heteroatoms. The highest BCUT2D eigenvalue weighted by molar-refractivity contribution is 5.92. The molecule has 0 aromatic heterocycles. The van der Waals surface area contributed by atoms with Gasteiger partial charge in [-0.15, -0.1) is 0 Å². The minimum atomic E-state index is -0.581. The van der Waals surface area contributed by atoms with Gasteiger partial charge in [0.25, 0.3) is 0 Å². The van der Waals surface area contributed by atoms with Crippen LogP contribution in [0, 0.1) is 34.5 Å². The first-order valence-corrected chi connectivity index (χ1v) is 9.62. The van der Waals surface area contributed by atoms with Gasteiger partial charge in [-0.05, 0) is 78.3 Å². The van der Waals surface area contributed by atoms with Crippen LogP contribution in [-0.4, -0.2) is 28.7 Å². The predicted octanol–water partition coefficient (Wildman–Crippen LogP) is 3.26. The van der Waals surface area contributed by atoms with Crippen molar-refractivity contribution in [2.75, 3.05) is 6.61 Å². The van der Waals surface area contributed by atoms with E-state index < -0.39 is 6.10 Å². The summed E-state index contributed by atoms with van der Waals surface area (Å²) in [5.74, 6) is 2.26. The second-order valence-corrected chi connectivity index (χ2v) is 9.11. The van der Waals surface area contributed by atoms with Crippen molar-refractivity contribution in [2.24, 2.45) is 34.5 Å². The lowest BCUT2D eigenvalue weighted by Gasteiger charge is -2.56. The summed E-state index contributed by atoms with van der Waals surface area (Å²) in [6.45, 7) is 4.59. The van der Waals surface area contributed by atoms with E-state index in [1.165, 1.54) is 12.0 Å². The summed E-state index contributed by atoms with van der Waals surface area (Å²) < 4.78 is 0. The SMILES string of the molecule is C[C@]12CC[C@H]3[C@@H](C=CC4=CC(=O)CC[C@@]43C)[C@@H]1CC[C@@H]2[C@@H](O)CO. The van der Waals surface area contributed by atoms with Crippen molar-refractivity contribution in [3.63, 3.8) is 0 Å². The van der Waals surface area contributed by atoms with Gasteiger partial charge in [-0.2, -0.15) is 0 Å². The summed E-state index contributed by atoms with van der Waals surface area (Å²) in [7, 11) is 0. The number of hydrogen-bond acceptors (Lipinski definition) is 3. The monoisotopic (exact) mass is 330 g/mol. The Morgan fingerprint density at radius 2 is 2.00 bits per heavy atom. The number of carbonyl (C=O) groups is 1. The van der Waals surface area contributed by atoms with E-state index in [1.807, 2.05) is 6.08 Å².